The van der Waals surface area contributed by atoms with Crippen LogP contribution in [-0.4, -0.2) is 24.0 Å². The second-order valence-corrected chi connectivity index (χ2v) is 5.71. The molecule has 1 atom stereocenters. The number of carbonyl (C=O) groups excluding carboxylic acids is 2. The predicted octanol–water partition coefficient (Wildman–Crippen LogP) is 2.53. The van der Waals surface area contributed by atoms with Crippen LogP contribution < -0.4 is 11.1 Å². The Bertz CT molecular complexity index is 542. The third-order valence-electron chi connectivity index (χ3n) is 3.59. The molecule has 1 aromatic rings. The van der Waals surface area contributed by atoms with Crippen LogP contribution in [0.15, 0.2) is 18.2 Å². The predicted molar refractivity (Wildman–Crippen MR) is 81.1 cm³/mol. The van der Waals surface area contributed by atoms with Gasteiger partial charge < -0.3 is 15.8 Å². The summed E-state index contributed by atoms with van der Waals surface area (Å²) in [5.74, 6) is -0.902. The first-order valence-electron chi connectivity index (χ1n) is 7.03. The standard InChI is InChI=1S/C15H19ClN2O3/c1-9(14(19)18-11-4-2-3-5-11)21-15(20)12-7-6-10(16)8-13(12)17/h6-9,11H,2-5,17H2,1H3,(H,18,19)/t9-/m0/s1. The summed E-state index contributed by atoms with van der Waals surface area (Å²) in [4.78, 5) is 24.0. The third-order valence-corrected chi connectivity index (χ3v) is 3.82. The zero-order valence-electron chi connectivity index (χ0n) is 11.9. The van der Waals surface area contributed by atoms with Crippen molar-refractivity contribution in [3.05, 3.63) is 28.8 Å². The van der Waals surface area contributed by atoms with E-state index in [9.17, 15) is 9.59 Å². The second kappa shape index (κ2) is 6.80. The van der Waals surface area contributed by atoms with Gasteiger partial charge in [-0.1, -0.05) is 24.4 Å². The lowest BCUT2D eigenvalue weighted by atomic mass is 10.2. The lowest BCUT2D eigenvalue weighted by molar-refractivity contribution is -0.129. The number of rotatable bonds is 4. The number of hydrogen-bond donors (Lipinski definition) is 2. The molecule has 0 bridgehead atoms. The van der Waals surface area contributed by atoms with Gasteiger partial charge in [-0.15, -0.1) is 0 Å². The summed E-state index contributed by atoms with van der Waals surface area (Å²) in [5.41, 5.74) is 6.16. The van der Waals surface area contributed by atoms with Gasteiger partial charge in [0, 0.05) is 16.8 Å². The molecule has 114 valence electrons. The maximum absolute atomic E-state index is 12.0. The normalized spacial score (nSPS) is 16.5. The van der Waals surface area contributed by atoms with Gasteiger partial charge in [-0.25, -0.2) is 4.79 Å². The number of benzene rings is 1. The lowest BCUT2D eigenvalue weighted by Gasteiger charge is -2.17. The van der Waals surface area contributed by atoms with Crippen LogP contribution in [0.1, 0.15) is 43.0 Å². The van der Waals surface area contributed by atoms with E-state index in [1.807, 2.05) is 0 Å². The molecule has 0 spiro atoms. The zero-order valence-corrected chi connectivity index (χ0v) is 12.7. The Balaban J connectivity index is 1.93. The van der Waals surface area contributed by atoms with Crippen LogP contribution in [0.3, 0.4) is 0 Å². The number of nitrogens with one attached hydrogen (secondary N) is 1. The minimum absolute atomic E-state index is 0.194. The van der Waals surface area contributed by atoms with E-state index in [4.69, 9.17) is 22.1 Å². The quantitative estimate of drug-likeness (QED) is 0.661. The third kappa shape index (κ3) is 4.11. The molecule has 2 rings (SSSR count). The molecule has 6 heteroatoms. The molecule has 0 radical (unpaired) electrons. The number of anilines is 1. The topological polar surface area (TPSA) is 81.4 Å². The van der Waals surface area contributed by atoms with Crippen molar-refractivity contribution < 1.29 is 14.3 Å². The first kappa shape index (κ1) is 15.6. The molecule has 1 saturated carbocycles. The van der Waals surface area contributed by atoms with E-state index in [0.29, 0.717) is 5.02 Å². The van der Waals surface area contributed by atoms with Gasteiger partial charge in [0.05, 0.1) is 5.56 Å². The SMILES string of the molecule is C[C@H](OC(=O)c1ccc(Cl)cc1N)C(=O)NC1CCCC1. The Kier molecular flexibility index (Phi) is 5.07. The molecular weight excluding hydrogens is 292 g/mol. The van der Waals surface area contributed by atoms with Crippen molar-refractivity contribution in [1.29, 1.82) is 0 Å². The highest BCUT2D eigenvalue weighted by Crippen LogP contribution is 2.20. The second-order valence-electron chi connectivity index (χ2n) is 5.27. The van der Waals surface area contributed by atoms with Gasteiger partial charge in [0.15, 0.2) is 6.10 Å². The molecule has 1 amide bonds. The summed E-state index contributed by atoms with van der Waals surface area (Å²) in [7, 11) is 0. The van der Waals surface area contributed by atoms with Crippen molar-refractivity contribution in [2.24, 2.45) is 0 Å². The Morgan fingerprint density at radius 2 is 2.05 bits per heavy atom. The summed E-state index contributed by atoms with van der Waals surface area (Å²) in [6.07, 6.45) is 3.36. The van der Waals surface area contributed by atoms with Gasteiger partial charge in [0.2, 0.25) is 0 Å². The molecule has 1 aliphatic rings. The number of ether oxygens (including phenoxy) is 1. The van der Waals surface area contributed by atoms with Gasteiger partial charge in [-0.2, -0.15) is 0 Å². The van der Waals surface area contributed by atoms with Gasteiger partial charge in [0.25, 0.3) is 5.91 Å². The Morgan fingerprint density at radius 1 is 1.38 bits per heavy atom. The molecule has 1 aliphatic carbocycles. The number of amides is 1. The number of carbonyl (C=O) groups is 2. The smallest absolute Gasteiger partial charge is 0.341 e. The number of nitrogens with two attached hydrogens (primary N) is 1. The van der Waals surface area contributed by atoms with E-state index < -0.39 is 12.1 Å². The van der Waals surface area contributed by atoms with Crippen molar-refractivity contribution >= 4 is 29.2 Å². The average molecular weight is 311 g/mol. The molecular formula is C15H19ClN2O3. The van der Waals surface area contributed by atoms with E-state index in [1.54, 1.807) is 13.0 Å². The molecule has 0 heterocycles. The summed E-state index contributed by atoms with van der Waals surface area (Å²) in [6.45, 7) is 1.55. The summed E-state index contributed by atoms with van der Waals surface area (Å²) in [6, 6.07) is 4.71. The molecule has 21 heavy (non-hydrogen) atoms. The van der Waals surface area contributed by atoms with Crippen molar-refractivity contribution in [3.8, 4) is 0 Å². The first-order valence-corrected chi connectivity index (χ1v) is 7.41. The van der Waals surface area contributed by atoms with E-state index in [0.717, 1.165) is 25.7 Å². The van der Waals surface area contributed by atoms with Crippen LogP contribution in [0.4, 0.5) is 5.69 Å². The minimum Gasteiger partial charge on any atom is -0.449 e. The van der Waals surface area contributed by atoms with Crippen molar-refractivity contribution in [1.82, 2.24) is 5.32 Å². The average Bonchev–Trinajstić information content (AvgIpc) is 2.91. The van der Waals surface area contributed by atoms with Crippen LogP contribution in [0.5, 0.6) is 0 Å². The molecule has 0 aliphatic heterocycles. The number of halogens is 1. The largest absolute Gasteiger partial charge is 0.449 e. The number of hydrogen-bond acceptors (Lipinski definition) is 4. The Morgan fingerprint density at radius 3 is 2.67 bits per heavy atom. The van der Waals surface area contributed by atoms with E-state index in [1.165, 1.54) is 12.1 Å². The maximum Gasteiger partial charge on any atom is 0.341 e. The number of nitrogen functional groups attached to an aromatic ring is 1. The molecule has 5 nitrogen and oxygen atoms in total. The molecule has 1 aromatic carbocycles. The summed E-state index contributed by atoms with van der Waals surface area (Å²) in [5, 5.41) is 3.33. The van der Waals surface area contributed by atoms with Gasteiger partial charge in [0.1, 0.15) is 0 Å². The zero-order chi connectivity index (χ0) is 15.4. The van der Waals surface area contributed by atoms with Crippen LogP contribution >= 0.6 is 11.6 Å². The monoisotopic (exact) mass is 310 g/mol. The molecule has 0 aromatic heterocycles. The van der Waals surface area contributed by atoms with Crippen LogP contribution in [0.2, 0.25) is 5.02 Å². The molecule has 0 unspecified atom stereocenters. The van der Waals surface area contributed by atoms with Crippen LogP contribution in [-0.2, 0) is 9.53 Å². The van der Waals surface area contributed by atoms with Crippen molar-refractivity contribution in [2.75, 3.05) is 5.73 Å². The fraction of sp³-hybridized carbons (Fsp3) is 0.467. The van der Waals surface area contributed by atoms with Gasteiger partial charge in [-0.3, -0.25) is 4.79 Å². The minimum atomic E-state index is -0.854. The van der Waals surface area contributed by atoms with E-state index in [-0.39, 0.29) is 23.2 Å². The molecule has 1 fully saturated rings. The highest BCUT2D eigenvalue weighted by Gasteiger charge is 2.24. The van der Waals surface area contributed by atoms with Gasteiger partial charge >= 0.3 is 5.97 Å². The van der Waals surface area contributed by atoms with Gasteiger partial charge in [-0.05, 0) is 38.0 Å². The van der Waals surface area contributed by atoms with Crippen molar-refractivity contribution in [3.63, 3.8) is 0 Å². The maximum atomic E-state index is 12.0. The van der Waals surface area contributed by atoms with E-state index in [2.05, 4.69) is 5.32 Å². The fourth-order valence-corrected chi connectivity index (χ4v) is 2.57. The van der Waals surface area contributed by atoms with E-state index >= 15 is 0 Å². The van der Waals surface area contributed by atoms with Crippen LogP contribution in [0.25, 0.3) is 0 Å². The lowest BCUT2D eigenvalue weighted by Crippen LogP contribution is -2.40. The molecule has 0 saturated heterocycles. The Labute approximate surface area is 128 Å². The Hall–Kier alpha value is -1.75. The summed E-state index contributed by atoms with van der Waals surface area (Å²) < 4.78 is 5.16. The molecule has 3 N–H and O–H groups in total. The van der Waals surface area contributed by atoms with Crippen LogP contribution in [0, 0.1) is 0 Å². The highest BCUT2D eigenvalue weighted by atomic mass is 35.5. The van der Waals surface area contributed by atoms with Crippen molar-refractivity contribution in [2.45, 2.75) is 44.8 Å². The fourth-order valence-electron chi connectivity index (χ4n) is 2.39. The summed E-state index contributed by atoms with van der Waals surface area (Å²) >= 11 is 5.78. The number of esters is 1. The first-order chi connectivity index (χ1) is 9.97. The highest BCUT2D eigenvalue weighted by molar-refractivity contribution is 6.31.